The first-order valence-corrected chi connectivity index (χ1v) is 14.8. The molecule has 0 saturated carbocycles. The molecule has 2 aliphatic rings. The summed E-state index contributed by atoms with van der Waals surface area (Å²) in [5.74, 6) is 2.07. The van der Waals surface area contributed by atoms with Gasteiger partial charge in [0.1, 0.15) is 36.7 Å². The monoisotopic (exact) mass is 620 g/mol. The molecule has 6 rings (SSSR count). The van der Waals surface area contributed by atoms with E-state index in [-0.39, 0.29) is 23.8 Å². The van der Waals surface area contributed by atoms with Crippen molar-refractivity contribution in [3.8, 4) is 11.8 Å². The van der Waals surface area contributed by atoms with E-state index in [0.717, 1.165) is 48.6 Å². The molecule has 0 fully saturated rings. The van der Waals surface area contributed by atoms with Crippen LogP contribution in [-0.2, 0) is 22.3 Å². The maximum Gasteiger partial charge on any atom is 0.282 e. The first-order valence-electron chi connectivity index (χ1n) is 14.8. The zero-order chi connectivity index (χ0) is 32.1. The van der Waals surface area contributed by atoms with Gasteiger partial charge >= 0.3 is 0 Å². The van der Waals surface area contributed by atoms with Crippen LogP contribution in [0.25, 0.3) is 0 Å². The summed E-state index contributed by atoms with van der Waals surface area (Å²) in [5.41, 5.74) is 15.7. The molecular weight excluding hydrogens is 584 g/mol. The van der Waals surface area contributed by atoms with Crippen LogP contribution in [0.4, 0.5) is 23.0 Å². The molecule has 0 aliphatic carbocycles. The summed E-state index contributed by atoms with van der Waals surface area (Å²) >= 11 is 0. The quantitative estimate of drug-likeness (QED) is 0.188. The van der Waals surface area contributed by atoms with Crippen LogP contribution < -0.4 is 26.8 Å². The van der Waals surface area contributed by atoms with Crippen LogP contribution in [0.15, 0.2) is 89.2 Å². The number of ether oxygens (including phenoxy) is 3. The van der Waals surface area contributed by atoms with Gasteiger partial charge in [-0.15, -0.1) is 0 Å². The highest BCUT2D eigenvalue weighted by molar-refractivity contribution is 5.73. The highest BCUT2D eigenvalue weighted by Crippen LogP contribution is 2.20. The maximum absolute atomic E-state index is 8.82. The summed E-state index contributed by atoms with van der Waals surface area (Å²) in [7, 11) is 1.63. The predicted molar refractivity (Wildman–Crippen MR) is 176 cm³/mol. The van der Waals surface area contributed by atoms with Crippen LogP contribution in [0.2, 0.25) is 0 Å². The fraction of sp³-hybridized carbons (Fsp3) is 0.273. The summed E-state index contributed by atoms with van der Waals surface area (Å²) in [6, 6.07) is 23.0. The highest BCUT2D eigenvalue weighted by atomic mass is 16.5. The average molecular weight is 621 g/mol. The number of aryl methyl sites for hydroxylation is 2. The second-order valence-corrected chi connectivity index (χ2v) is 10.6. The number of aromatic nitrogens is 3. The number of nitrogens with zero attached hydrogens (tertiary/aromatic N) is 6. The van der Waals surface area contributed by atoms with Crippen molar-refractivity contribution >= 4 is 35.1 Å². The van der Waals surface area contributed by atoms with Crippen LogP contribution in [0.5, 0.6) is 5.75 Å². The lowest BCUT2D eigenvalue weighted by Crippen LogP contribution is -2.10. The smallest absolute Gasteiger partial charge is 0.282 e. The zero-order valence-electron chi connectivity index (χ0n) is 25.5. The minimum atomic E-state index is 0.150. The van der Waals surface area contributed by atoms with Crippen LogP contribution >= 0.6 is 0 Å². The first-order chi connectivity index (χ1) is 22.4. The molecule has 2 aromatic heterocycles. The SMILES string of the molecule is COc1ccc(Nc2ccc(CC[C@H]3COC(N)=N3)cc2)nc1.N#Cc1cncc(Nc2ccc(CC[C@H]3COC(N)=N3)cc2)n1. The van der Waals surface area contributed by atoms with Crippen molar-refractivity contribution in [2.24, 2.45) is 21.5 Å². The number of rotatable bonds is 11. The normalized spacial score (nSPS) is 16.4. The number of hydrogen-bond donors (Lipinski definition) is 4. The van der Waals surface area contributed by atoms with Gasteiger partial charge < -0.3 is 36.3 Å². The Morgan fingerprint density at radius 2 is 1.35 bits per heavy atom. The van der Waals surface area contributed by atoms with Crippen molar-refractivity contribution in [1.82, 2.24) is 15.0 Å². The fourth-order valence-corrected chi connectivity index (χ4v) is 4.69. The molecule has 0 saturated heterocycles. The number of methoxy groups -OCH3 is 1. The number of nitrogens with two attached hydrogens (primary N) is 2. The fourth-order valence-electron chi connectivity index (χ4n) is 4.69. The number of nitrogens with one attached hydrogen (secondary N) is 2. The van der Waals surface area contributed by atoms with Gasteiger partial charge in [0.2, 0.25) is 0 Å². The van der Waals surface area contributed by atoms with Crippen molar-refractivity contribution in [3.05, 3.63) is 96.1 Å². The van der Waals surface area contributed by atoms with Crippen LogP contribution in [0.3, 0.4) is 0 Å². The minimum Gasteiger partial charge on any atom is -0.495 e. The molecular formula is C33H36N10O3. The molecule has 4 aromatic rings. The lowest BCUT2D eigenvalue weighted by Gasteiger charge is -2.08. The molecule has 0 spiro atoms. The Morgan fingerprint density at radius 3 is 1.80 bits per heavy atom. The van der Waals surface area contributed by atoms with Gasteiger partial charge in [-0.25, -0.2) is 20.0 Å². The van der Waals surface area contributed by atoms with Crippen LogP contribution in [-0.4, -0.2) is 59.4 Å². The molecule has 46 heavy (non-hydrogen) atoms. The maximum atomic E-state index is 8.82. The van der Waals surface area contributed by atoms with E-state index in [9.17, 15) is 0 Å². The molecule has 2 atom stereocenters. The Kier molecular flexibility index (Phi) is 10.8. The van der Waals surface area contributed by atoms with E-state index in [2.05, 4.69) is 47.7 Å². The molecule has 13 heteroatoms. The summed E-state index contributed by atoms with van der Waals surface area (Å²) in [5, 5.41) is 15.2. The average Bonchev–Trinajstić information content (AvgIpc) is 3.71. The number of aliphatic imine (C=N–C) groups is 2. The molecule has 0 bridgehead atoms. The van der Waals surface area contributed by atoms with E-state index < -0.39 is 0 Å². The van der Waals surface area contributed by atoms with Gasteiger partial charge in [0, 0.05) is 11.4 Å². The summed E-state index contributed by atoms with van der Waals surface area (Å²) < 4.78 is 15.4. The van der Waals surface area contributed by atoms with E-state index >= 15 is 0 Å². The van der Waals surface area contributed by atoms with Crippen LogP contribution in [0.1, 0.15) is 29.7 Å². The Morgan fingerprint density at radius 1 is 0.783 bits per heavy atom. The van der Waals surface area contributed by atoms with E-state index in [0.29, 0.717) is 25.1 Å². The third-order valence-electron chi connectivity index (χ3n) is 7.17. The van der Waals surface area contributed by atoms with E-state index in [1.807, 2.05) is 54.6 Å². The van der Waals surface area contributed by atoms with Crippen molar-refractivity contribution in [3.63, 3.8) is 0 Å². The highest BCUT2D eigenvalue weighted by Gasteiger charge is 2.17. The molecule has 0 radical (unpaired) electrons. The van der Waals surface area contributed by atoms with E-state index in [4.69, 9.17) is 30.9 Å². The second-order valence-electron chi connectivity index (χ2n) is 10.6. The Labute approximate surface area is 267 Å². The van der Waals surface area contributed by atoms with Crippen LogP contribution in [0, 0.1) is 11.3 Å². The molecule has 13 nitrogen and oxygen atoms in total. The lowest BCUT2D eigenvalue weighted by atomic mass is 10.1. The van der Waals surface area contributed by atoms with Gasteiger partial charge in [-0.3, -0.25) is 4.98 Å². The number of benzene rings is 2. The first kappa shape index (κ1) is 31.5. The van der Waals surface area contributed by atoms with Gasteiger partial charge in [-0.05, 0) is 73.2 Å². The standard InChI is InChI=1S/C17H20N4O2.C16H16N6O/c1-22-15-8-9-16(19-10-15)20-13-5-2-12(3-6-13)4-7-14-11-23-17(18)21-14;17-7-14-8-19-9-15(21-14)20-12-4-1-11(2-5-12)3-6-13-10-23-16(18)22-13/h2-3,5-6,8-10,14H,4,7,11H2,1H3,(H2,18,21)(H,19,20);1-2,4-5,8-9,13H,3,6,10H2,(H2,18,22)(H,20,21)/t14-;13-/m00/s1. The largest absolute Gasteiger partial charge is 0.495 e. The third kappa shape index (κ3) is 9.55. The van der Waals surface area contributed by atoms with E-state index in [1.165, 1.54) is 17.3 Å². The van der Waals surface area contributed by atoms with Gasteiger partial charge in [-0.2, -0.15) is 5.26 Å². The Balaban J connectivity index is 0.000000181. The summed E-state index contributed by atoms with van der Waals surface area (Å²) in [6.45, 7) is 1.16. The second kappa shape index (κ2) is 15.7. The third-order valence-corrected chi connectivity index (χ3v) is 7.17. The molecule has 0 amide bonds. The number of amidine groups is 2. The van der Waals surface area contributed by atoms with Gasteiger partial charge in [0.05, 0.1) is 37.8 Å². The molecule has 0 unspecified atom stereocenters. The molecule has 4 heterocycles. The molecule has 2 aromatic carbocycles. The van der Waals surface area contributed by atoms with Crippen molar-refractivity contribution in [2.45, 2.75) is 37.8 Å². The predicted octanol–water partition coefficient (Wildman–Crippen LogP) is 4.22. The van der Waals surface area contributed by atoms with Crippen molar-refractivity contribution in [2.75, 3.05) is 31.0 Å². The minimum absolute atomic E-state index is 0.150. The zero-order valence-corrected chi connectivity index (χ0v) is 25.5. The molecule has 6 N–H and O–H groups in total. The number of pyridine rings is 1. The van der Waals surface area contributed by atoms with Gasteiger partial charge in [-0.1, -0.05) is 24.3 Å². The van der Waals surface area contributed by atoms with E-state index in [1.54, 1.807) is 19.5 Å². The number of anilines is 4. The summed E-state index contributed by atoms with van der Waals surface area (Å²) in [6.07, 6.45) is 8.40. The van der Waals surface area contributed by atoms with Gasteiger partial charge in [0.25, 0.3) is 12.0 Å². The van der Waals surface area contributed by atoms with Crippen molar-refractivity contribution in [1.29, 1.82) is 5.26 Å². The lowest BCUT2D eigenvalue weighted by molar-refractivity contribution is 0.308. The number of hydrogen-bond acceptors (Lipinski definition) is 13. The van der Waals surface area contributed by atoms with Crippen molar-refractivity contribution < 1.29 is 14.2 Å². The molecule has 236 valence electrons. The topological polar surface area (TPSA) is 191 Å². The Hall–Kier alpha value is -5.90. The summed E-state index contributed by atoms with van der Waals surface area (Å²) in [4.78, 5) is 20.8. The number of nitriles is 1. The molecule has 2 aliphatic heterocycles. The van der Waals surface area contributed by atoms with Gasteiger partial charge in [0.15, 0.2) is 5.69 Å². The Bertz CT molecular complexity index is 1670.